The molecule has 0 radical (unpaired) electrons. The van der Waals surface area contributed by atoms with Gasteiger partial charge in [-0.2, -0.15) is 5.10 Å². The first-order valence-corrected chi connectivity index (χ1v) is 9.68. The second-order valence-electron chi connectivity index (χ2n) is 6.26. The molecule has 0 atom stereocenters. The number of hydrogen-bond donors (Lipinski definition) is 1. The van der Waals surface area contributed by atoms with Crippen molar-refractivity contribution in [2.24, 2.45) is 5.10 Å². The van der Waals surface area contributed by atoms with Crippen LogP contribution in [0.1, 0.15) is 26.3 Å². The van der Waals surface area contributed by atoms with E-state index in [-0.39, 0.29) is 5.91 Å². The van der Waals surface area contributed by atoms with Gasteiger partial charge < -0.3 is 9.47 Å². The number of rotatable bonds is 8. The summed E-state index contributed by atoms with van der Waals surface area (Å²) in [4.78, 5) is 24.6. The monoisotopic (exact) mass is 434 g/mol. The molecule has 3 aromatic rings. The van der Waals surface area contributed by atoms with Gasteiger partial charge in [0.1, 0.15) is 18.1 Å². The Hall–Kier alpha value is -3.90. The van der Waals surface area contributed by atoms with E-state index in [2.05, 4.69) is 17.1 Å². The Balaban J connectivity index is 1.63. The number of amides is 1. The third-order valence-corrected chi connectivity index (χ3v) is 4.31. The molecular formula is C24H19ClN2O4. The van der Waals surface area contributed by atoms with Crippen molar-refractivity contribution >= 4 is 29.7 Å². The SMILES string of the molecule is C=CCOc1ccc(C(=O)NN=Cc2ccccc2OC(=O)c2ccc(Cl)cc2)cc1. The first kappa shape index (κ1) is 21.8. The Kier molecular flexibility index (Phi) is 7.56. The van der Waals surface area contributed by atoms with Gasteiger partial charge in [-0.15, -0.1) is 0 Å². The Morgan fingerprint density at radius 1 is 0.968 bits per heavy atom. The van der Waals surface area contributed by atoms with Crippen molar-refractivity contribution in [3.05, 3.63) is 107 Å². The number of hydrazone groups is 1. The van der Waals surface area contributed by atoms with Gasteiger partial charge in [0.2, 0.25) is 0 Å². The molecule has 0 saturated carbocycles. The average Bonchev–Trinajstić information content (AvgIpc) is 2.79. The van der Waals surface area contributed by atoms with Crippen molar-refractivity contribution in [3.8, 4) is 11.5 Å². The molecule has 6 nitrogen and oxygen atoms in total. The molecule has 0 aliphatic carbocycles. The molecule has 156 valence electrons. The maximum atomic E-state index is 12.3. The number of benzene rings is 3. The summed E-state index contributed by atoms with van der Waals surface area (Å²) in [7, 11) is 0. The van der Waals surface area contributed by atoms with Crippen LogP contribution < -0.4 is 14.9 Å². The number of nitrogens with one attached hydrogen (secondary N) is 1. The molecule has 3 aromatic carbocycles. The largest absolute Gasteiger partial charge is 0.490 e. The molecule has 0 heterocycles. The fourth-order valence-electron chi connectivity index (χ4n) is 2.51. The molecule has 1 N–H and O–H groups in total. The van der Waals surface area contributed by atoms with Crippen LogP contribution in [0.3, 0.4) is 0 Å². The summed E-state index contributed by atoms with van der Waals surface area (Å²) in [6.45, 7) is 3.97. The van der Waals surface area contributed by atoms with Gasteiger partial charge in [-0.1, -0.05) is 36.4 Å². The topological polar surface area (TPSA) is 77.0 Å². The lowest BCUT2D eigenvalue weighted by atomic mass is 10.2. The van der Waals surface area contributed by atoms with Crippen LogP contribution in [0.4, 0.5) is 0 Å². The van der Waals surface area contributed by atoms with Crippen LogP contribution in [0.5, 0.6) is 11.5 Å². The Morgan fingerprint density at radius 2 is 1.65 bits per heavy atom. The van der Waals surface area contributed by atoms with E-state index in [0.717, 1.165) is 0 Å². The van der Waals surface area contributed by atoms with Crippen LogP contribution >= 0.6 is 11.6 Å². The number of carbonyl (C=O) groups excluding carboxylic acids is 2. The van der Waals surface area contributed by atoms with E-state index in [0.29, 0.717) is 39.8 Å². The van der Waals surface area contributed by atoms with Crippen molar-refractivity contribution in [1.29, 1.82) is 0 Å². The summed E-state index contributed by atoms with van der Waals surface area (Å²) in [6, 6.07) is 19.9. The fourth-order valence-corrected chi connectivity index (χ4v) is 2.63. The highest BCUT2D eigenvalue weighted by molar-refractivity contribution is 6.30. The van der Waals surface area contributed by atoms with E-state index in [1.807, 2.05) is 0 Å². The molecule has 0 bridgehead atoms. The Morgan fingerprint density at radius 3 is 2.35 bits per heavy atom. The highest BCUT2D eigenvalue weighted by atomic mass is 35.5. The van der Waals surface area contributed by atoms with Gasteiger partial charge in [0.25, 0.3) is 5.91 Å². The zero-order valence-corrected chi connectivity index (χ0v) is 17.2. The van der Waals surface area contributed by atoms with E-state index in [4.69, 9.17) is 21.1 Å². The van der Waals surface area contributed by atoms with E-state index < -0.39 is 5.97 Å². The molecule has 0 fully saturated rings. The molecule has 0 spiro atoms. The maximum Gasteiger partial charge on any atom is 0.343 e. The summed E-state index contributed by atoms with van der Waals surface area (Å²) in [5.74, 6) is 0.0306. The van der Waals surface area contributed by atoms with Gasteiger partial charge in [-0.25, -0.2) is 10.2 Å². The van der Waals surface area contributed by atoms with Crippen LogP contribution in [0.15, 0.2) is 90.6 Å². The van der Waals surface area contributed by atoms with Crippen LogP contribution in [0, 0.1) is 0 Å². The number of esters is 1. The summed E-state index contributed by atoms with van der Waals surface area (Å²) >= 11 is 5.84. The minimum atomic E-state index is -0.527. The third-order valence-electron chi connectivity index (χ3n) is 4.06. The average molecular weight is 435 g/mol. The van der Waals surface area contributed by atoms with E-state index in [9.17, 15) is 9.59 Å². The second kappa shape index (κ2) is 10.8. The van der Waals surface area contributed by atoms with Gasteiger partial charge in [0.15, 0.2) is 0 Å². The quantitative estimate of drug-likeness (QED) is 0.180. The number of hydrogen-bond acceptors (Lipinski definition) is 5. The molecular weight excluding hydrogens is 416 g/mol. The predicted octanol–water partition coefficient (Wildman–Crippen LogP) is 4.89. The first-order valence-electron chi connectivity index (χ1n) is 9.31. The fraction of sp³-hybridized carbons (Fsp3) is 0.0417. The molecule has 0 saturated heterocycles. The van der Waals surface area contributed by atoms with E-state index in [1.165, 1.54) is 6.21 Å². The molecule has 0 aliphatic heterocycles. The smallest absolute Gasteiger partial charge is 0.343 e. The molecule has 0 unspecified atom stereocenters. The second-order valence-corrected chi connectivity index (χ2v) is 6.69. The molecule has 0 aliphatic rings. The van der Waals surface area contributed by atoms with Crippen LogP contribution in [-0.4, -0.2) is 24.7 Å². The minimum Gasteiger partial charge on any atom is -0.490 e. The molecule has 3 rings (SSSR count). The number of para-hydroxylation sites is 1. The van der Waals surface area contributed by atoms with Gasteiger partial charge in [-0.05, 0) is 60.7 Å². The van der Waals surface area contributed by atoms with Crippen molar-refractivity contribution in [2.45, 2.75) is 0 Å². The predicted molar refractivity (Wildman–Crippen MR) is 120 cm³/mol. The zero-order chi connectivity index (χ0) is 22.1. The highest BCUT2D eigenvalue weighted by Crippen LogP contribution is 2.19. The van der Waals surface area contributed by atoms with Crippen molar-refractivity contribution in [2.75, 3.05) is 6.61 Å². The summed E-state index contributed by atoms with van der Waals surface area (Å²) < 4.78 is 10.8. The van der Waals surface area contributed by atoms with Crippen molar-refractivity contribution in [1.82, 2.24) is 5.43 Å². The lowest BCUT2D eigenvalue weighted by Gasteiger charge is -2.07. The number of ether oxygens (including phenoxy) is 2. The van der Waals surface area contributed by atoms with Gasteiger partial charge in [0.05, 0.1) is 11.8 Å². The summed E-state index contributed by atoms with van der Waals surface area (Å²) in [5, 5.41) is 4.49. The number of halogens is 1. The number of nitrogens with zero attached hydrogens (tertiary/aromatic N) is 1. The standard InChI is InChI=1S/C24H19ClN2O4/c1-2-15-30-21-13-9-17(10-14-21)23(28)27-26-16-19-5-3-4-6-22(19)31-24(29)18-7-11-20(25)12-8-18/h2-14,16H,1,15H2,(H,27,28). The van der Waals surface area contributed by atoms with Gasteiger partial charge in [-0.3, -0.25) is 4.79 Å². The van der Waals surface area contributed by atoms with Crippen LogP contribution in [-0.2, 0) is 0 Å². The Labute approximate surface area is 184 Å². The molecule has 1 amide bonds. The summed E-state index contributed by atoms with van der Waals surface area (Å²) in [6.07, 6.45) is 3.05. The van der Waals surface area contributed by atoms with Crippen molar-refractivity contribution in [3.63, 3.8) is 0 Å². The third kappa shape index (κ3) is 6.29. The minimum absolute atomic E-state index is 0.309. The van der Waals surface area contributed by atoms with Crippen molar-refractivity contribution < 1.29 is 19.1 Å². The lowest BCUT2D eigenvalue weighted by molar-refractivity contribution is 0.0734. The van der Waals surface area contributed by atoms with Crippen LogP contribution in [0.2, 0.25) is 5.02 Å². The molecule has 31 heavy (non-hydrogen) atoms. The zero-order valence-electron chi connectivity index (χ0n) is 16.5. The first-order chi connectivity index (χ1) is 15.1. The normalized spacial score (nSPS) is 10.5. The Bertz CT molecular complexity index is 1090. The molecule has 0 aromatic heterocycles. The van der Waals surface area contributed by atoms with E-state index in [1.54, 1.807) is 78.9 Å². The highest BCUT2D eigenvalue weighted by Gasteiger charge is 2.11. The molecule has 7 heteroatoms. The maximum absolute atomic E-state index is 12.3. The van der Waals surface area contributed by atoms with Crippen LogP contribution in [0.25, 0.3) is 0 Å². The van der Waals surface area contributed by atoms with Gasteiger partial charge in [0, 0.05) is 16.1 Å². The van der Waals surface area contributed by atoms with E-state index >= 15 is 0 Å². The number of carbonyl (C=O) groups is 2. The summed E-state index contributed by atoms with van der Waals surface area (Å²) in [5.41, 5.74) is 3.76. The van der Waals surface area contributed by atoms with Gasteiger partial charge >= 0.3 is 5.97 Å². The lowest BCUT2D eigenvalue weighted by Crippen LogP contribution is -2.17.